The summed E-state index contributed by atoms with van der Waals surface area (Å²) in [7, 11) is 0. The fourth-order valence-corrected chi connectivity index (χ4v) is 1.80. The quantitative estimate of drug-likeness (QED) is 0.900. The third kappa shape index (κ3) is 3.23. The Kier molecular flexibility index (Phi) is 3.97. The van der Waals surface area contributed by atoms with Gasteiger partial charge in [-0.15, -0.1) is 0 Å². The van der Waals surface area contributed by atoms with Gasteiger partial charge in [0.2, 0.25) is 0 Å². The highest BCUT2D eigenvalue weighted by molar-refractivity contribution is 9.10. The molecule has 0 heterocycles. The molecule has 0 radical (unpaired) electrons. The molecule has 3 nitrogen and oxygen atoms in total. The number of halogens is 1. The molecule has 0 saturated carbocycles. The number of benzene rings is 1. The van der Waals surface area contributed by atoms with E-state index in [1.807, 2.05) is 45.0 Å². The average molecular weight is 286 g/mol. The number of amides is 1. The maximum Gasteiger partial charge on any atom is 0.408 e. The highest BCUT2D eigenvalue weighted by Gasteiger charge is 2.26. The van der Waals surface area contributed by atoms with Crippen molar-refractivity contribution < 1.29 is 9.90 Å². The fraction of sp³-hybridized carbons (Fsp3) is 0.417. The maximum atomic E-state index is 11.2. The number of hydrogen-bond acceptors (Lipinski definition) is 1. The monoisotopic (exact) mass is 285 g/mol. The third-order valence-electron chi connectivity index (χ3n) is 2.33. The molecule has 1 aromatic carbocycles. The number of hydrogen-bond donors (Lipinski definition) is 1. The predicted octanol–water partition coefficient (Wildman–Crippen LogP) is 3.73. The molecular formula is C12H16BrNO2. The van der Waals surface area contributed by atoms with Crippen LogP contribution in [0.4, 0.5) is 4.79 Å². The van der Waals surface area contributed by atoms with Gasteiger partial charge in [-0.2, -0.15) is 0 Å². The highest BCUT2D eigenvalue weighted by atomic mass is 79.9. The molecule has 1 amide bonds. The molecule has 0 bridgehead atoms. The predicted molar refractivity (Wildman–Crippen MR) is 67.5 cm³/mol. The van der Waals surface area contributed by atoms with Gasteiger partial charge in [0.25, 0.3) is 0 Å². The molecule has 0 unspecified atom stereocenters. The molecule has 1 N–H and O–H groups in total. The lowest BCUT2D eigenvalue weighted by Crippen LogP contribution is -2.44. The van der Waals surface area contributed by atoms with Crippen molar-refractivity contribution in [2.24, 2.45) is 0 Å². The van der Waals surface area contributed by atoms with Gasteiger partial charge in [-0.25, -0.2) is 4.79 Å². The van der Waals surface area contributed by atoms with Gasteiger partial charge in [-0.3, -0.25) is 4.90 Å². The van der Waals surface area contributed by atoms with Crippen molar-refractivity contribution in [1.82, 2.24) is 4.90 Å². The molecular weight excluding hydrogens is 270 g/mol. The molecule has 0 saturated heterocycles. The van der Waals surface area contributed by atoms with Crippen molar-refractivity contribution in [3.8, 4) is 0 Å². The van der Waals surface area contributed by atoms with Crippen LogP contribution in [0.5, 0.6) is 0 Å². The summed E-state index contributed by atoms with van der Waals surface area (Å²) >= 11 is 3.42. The number of carboxylic acid groups (broad SMARTS) is 1. The van der Waals surface area contributed by atoms with Crippen molar-refractivity contribution in [3.05, 3.63) is 34.3 Å². The summed E-state index contributed by atoms with van der Waals surface area (Å²) in [4.78, 5) is 12.6. The van der Waals surface area contributed by atoms with Crippen LogP contribution in [-0.4, -0.2) is 21.6 Å². The highest BCUT2D eigenvalue weighted by Crippen LogP contribution is 2.22. The second-order valence-electron chi connectivity index (χ2n) is 4.63. The maximum absolute atomic E-state index is 11.2. The molecule has 88 valence electrons. The zero-order valence-corrected chi connectivity index (χ0v) is 11.3. The van der Waals surface area contributed by atoms with E-state index in [1.54, 1.807) is 0 Å². The number of rotatable bonds is 2. The van der Waals surface area contributed by atoms with Gasteiger partial charge in [0, 0.05) is 10.0 Å². The zero-order chi connectivity index (χ0) is 12.3. The molecule has 1 rings (SSSR count). The summed E-state index contributed by atoms with van der Waals surface area (Å²) in [5.74, 6) is 0. The lowest BCUT2D eigenvalue weighted by molar-refractivity contribution is 0.0954. The molecule has 0 atom stereocenters. The van der Waals surface area contributed by atoms with Gasteiger partial charge in [-0.05, 0) is 32.4 Å². The Hall–Kier alpha value is -1.03. The normalized spacial score (nSPS) is 11.2. The van der Waals surface area contributed by atoms with Gasteiger partial charge in [-0.1, -0.05) is 34.1 Å². The van der Waals surface area contributed by atoms with Gasteiger partial charge in [0.1, 0.15) is 0 Å². The lowest BCUT2D eigenvalue weighted by Gasteiger charge is -2.33. The Morgan fingerprint density at radius 2 is 1.94 bits per heavy atom. The first-order chi connectivity index (χ1) is 7.32. The van der Waals surface area contributed by atoms with E-state index in [0.29, 0.717) is 6.54 Å². The van der Waals surface area contributed by atoms with E-state index in [1.165, 1.54) is 4.90 Å². The summed E-state index contributed by atoms with van der Waals surface area (Å²) in [5, 5.41) is 9.17. The Morgan fingerprint density at radius 1 is 1.38 bits per heavy atom. The molecule has 0 aromatic heterocycles. The lowest BCUT2D eigenvalue weighted by atomic mass is 10.1. The summed E-state index contributed by atoms with van der Waals surface area (Å²) in [5.41, 5.74) is 0.570. The van der Waals surface area contributed by atoms with Crippen molar-refractivity contribution in [2.75, 3.05) is 0 Å². The zero-order valence-electron chi connectivity index (χ0n) is 9.70. The van der Waals surface area contributed by atoms with Crippen molar-refractivity contribution in [3.63, 3.8) is 0 Å². The van der Waals surface area contributed by atoms with Crippen LogP contribution in [0.3, 0.4) is 0 Å². The molecule has 0 spiro atoms. The molecule has 0 aliphatic carbocycles. The van der Waals surface area contributed by atoms with Crippen LogP contribution >= 0.6 is 15.9 Å². The first-order valence-corrected chi connectivity index (χ1v) is 5.85. The third-order valence-corrected chi connectivity index (χ3v) is 3.10. The van der Waals surface area contributed by atoms with Crippen LogP contribution < -0.4 is 0 Å². The van der Waals surface area contributed by atoms with Crippen molar-refractivity contribution >= 4 is 22.0 Å². The van der Waals surface area contributed by atoms with E-state index >= 15 is 0 Å². The Balaban J connectivity index is 2.94. The van der Waals surface area contributed by atoms with E-state index in [2.05, 4.69) is 15.9 Å². The van der Waals surface area contributed by atoms with Gasteiger partial charge < -0.3 is 5.11 Å². The van der Waals surface area contributed by atoms with Crippen LogP contribution in [0.1, 0.15) is 26.3 Å². The Bertz CT molecular complexity index is 385. The van der Waals surface area contributed by atoms with Crippen LogP contribution in [0.2, 0.25) is 0 Å². The van der Waals surface area contributed by atoms with Gasteiger partial charge in [0.15, 0.2) is 0 Å². The molecule has 16 heavy (non-hydrogen) atoms. The van der Waals surface area contributed by atoms with E-state index in [0.717, 1.165) is 10.0 Å². The smallest absolute Gasteiger partial charge is 0.408 e. The van der Waals surface area contributed by atoms with E-state index in [-0.39, 0.29) is 0 Å². The van der Waals surface area contributed by atoms with Crippen LogP contribution in [0.25, 0.3) is 0 Å². The molecule has 0 aliphatic heterocycles. The topological polar surface area (TPSA) is 40.5 Å². The van der Waals surface area contributed by atoms with Crippen LogP contribution in [0.15, 0.2) is 28.7 Å². The minimum Gasteiger partial charge on any atom is -0.465 e. The standard InChI is InChI=1S/C12H16BrNO2/c1-12(2,3)14(11(15)16)8-9-6-4-5-7-10(9)13/h4-7H,8H2,1-3H3,(H,15,16). The Morgan fingerprint density at radius 3 is 2.38 bits per heavy atom. The van der Waals surface area contributed by atoms with E-state index in [9.17, 15) is 9.90 Å². The fourth-order valence-electron chi connectivity index (χ4n) is 1.39. The average Bonchev–Trinajstić information content (AvgIpc) is 2.14. The molecule has 0 aliphatic rings. The molecule has 4 heteroatoms. The van der Waals surface area contributed by atoms with Gasteiger partial charge in [0.05, 0.1) is 6.54 Å². The largest absolute Gasteiger partial charge is 0.465 e. The van der Waals surface area contributed by atoms with E-state index < -0.39 is 11.6 Å². The van der Waals surface area contributed by atoms with Crippen LogP contribution in [0, 0.1) is 0 Å². The Labute approximate surface area is 104 Å². The molecule has 1 aromatic rings. The minimum absolute atomic E-state index is 0.389. The SMILES string of the molecule is CC(C)(C)N(Cc1ccccc1Br)C(=O)O. The van der Waals surface area contributed by atoms with Crippen LogP contribution in [-0.2, 0) is 6.54 Å². The summed E-state index contributed by atoms with van der Waals surface area (Å²) in [6.45, 7) is 6.05. The molecule has 0 fully saturated rings. The second kappa shape index (κ2) is 4.87. The van der Waals surface area contributed by atoms with E-state index in [4.69, 9.17) is 0 Å². The second-order valence-corrected chi connectivity index (χ2v) is 5.49. The minimum atomic E-state index is -0.900. The number of carbonyl (C=O) groups is 1. The first kappa shape index (κ1) is 13.0. The summed E-state index contributed by atoms with van der Waals surface area (Å²) in [6.07, 6.45) is -0.900. The summed E-state index contributed by atoms with van der Waals surface area (Å²) < 4.78 is 0.936. The summed E-state index contributed by atoms with van der Waals surface area (Å²) in [6, 6.07) is 7.66. The van der Waals surface area contributed by atoms with Crippen molar-refractivity contribution in [1.29, 1.82) is 0 Å². The first-order valence-electron chi connectivity index (χ1n) is 5.06. The van der Waals surface area contributed by atoms with Gasteiger partial charge >= 0.3 is 6.09 Å². The number of nitrogens with zero attached hydrogens (tertiary/aromatic N) is 1. The van der Waals surface area contributed by atoms with Crippen molar-refractivity contribution in [2.45, 2.75) is 32.9 Å².